The van der Waals surface area contributed by atoms with Crippen molar-refractivity contribution in [1.82, 2.24) is 5.32 Å². The Balaban J connectivity index is 1.66. The number of rotatable bonds is 8. The van der Waals surface area contributed by atoms with Crippen molar-refractivity contribution in [2.45, 2.75) is 43.8 Å². The third kappa shape index (κ3) is 5.77. The summed E-state index contributed by atoms with van der Waals surface area (Å²) in [6.07, 6.45) is 4.45. The van der Waals surface area contributed by atoms with E-state index in [2.05, 4.69) is 47.9 Å². The highest BCUT2D eigenvalue weighted by atomic mass is 32.2. The van der Waals surface area contributed by atoms with Crippen LogP contribution in [0.3, 0.4) is 0 Å². The number of fused-ring (bicyclic) bond motifs is 1. The van der Waals surface area contributed by atoms with E-state index in [1.165, 1.54) is 30.7 Å². The summed E-state index contributed by atoms with van der Waals surface area (Å²) in [4.78, 5) is 13.4. The molecule has 4 N–H and O–H groups in total. The van der Waals surface area contributed by atoms with Gasteiger partial charge in [0.25, 0.3) is 5.91 Å². The molecule has 0 aliphatic carbocycles. The van der Waals surface area contributed by atoms with E-state index >= 15 is 0 Å². The van der Waals surface area contributed by atoms with Gasteiger partial charge in [-0.1, -0.05) is 51.0 Å². The van der Waals surface area contributed by atoms with E-state index in [1.807, 2.05) is 24.3 Å². The molecule has 3 aromatic rings. The minimum absolute atomic E-state index is 0.00907. The third-order valence-electron chi connectivity index (χ3n) is 6.45. The van der Waals surface area contributed by atoms with Gasteiger partial charge in [0, 0.05) is 11.3 Å². The quantitative estimate of drug-likeness (QED) is 0.251. The van der Waals surface area contributed by atoms with Crippen LogP contribution in [0.1, 0.15) is 49.4 Å². The van der Waals surface area contributed by atoms with Crippen LogP contribution in [0.25, 0.3) is 0 Å². The third-order valence-corrected chi connectivity index (χ3v) is 8.19. The molecule has 1 aliphatic heterocycles. The van der Waals surface area contributed by atoms with E-state index in [9.17, 15) is 18.3 Å². The summed E-state index contributed by atoms with van der Waals surface area (Å²) < 4.78 is 30.2. The largest absolute Gasteiger partial charge is 0.506 e. The van der Waals surface area contributed by atoms with Gasteiger partial charge in [0.1, 0.15) is 18.1 Å². The van der Waals surface area contributed by atoms with Crippen LogP contribution in [-0.2, 0) is 14.6 Å². The maximum atomic E-state index is 13.3. The Morgan fingerprint density at radius 3 is 2.53 bits per heavy atom. The molecule has 0 saturated carbocycles. The molecule has 2 unspecified atom stereocenters. The van der Waals surface area contributed by atoms with Crippen molar-refractivity contribution in [3.05, 3.63) is 77.4 Å². The second-order valence-corrected chi connectivity index (χ2v) is 11.6. The number of phenols is 1. The summed E-state index contributed by atoms with van der Waals surface area (Å²) in [5, 5.41) is 19.5. The van der Waals surface area contributed by atoms with Crippen molar-refractivity contribution in [3.63, 3.8) is 0 Å². The fraction of sp³-hybridized carbons (Fsp3) is 0.276. The minimum Gasteiger partial charge on any atom is -0.506 e. The Labute approximate surface area is 223 Å². The standard InChI is InChI=1S/C29H31N3O5S/c1-5-15-37-21-11-13-24-23(16-21)27(20-9-7-19(8-10-20)18(3)4)32-28(30-24)29(34)31-25-17-22(12-14-26(25)33)38(35,36)6-2/h1,7-14,16-18,27-28,30,32-33H,6,15H2,2-4H3,(H,31,34). The normalized spacial score (nSPS) is 16.7. The van der Waals surface area contributed by atoms with Crippen molar-refractivity contribution in [3.8, 4) is 23.8 Å². The number of anilines is 2. The van der Waals surface area contributed by atoms with E-state index in [0.717, 1.165) is 16.8 Å². The Kier molecular flexibility index (Phi) is 7.95. The number of carbonyl (C=O) groups excluding carboxylic acids is 1. The predicted molar refractivity (Wildman–Crippen MR) is 148 cm³/mol. The summed E-state index contributed by atoms with van der Waals surface area (Å²) in [5.74, 6) is 2.61. The minimum atomic E-state index is -3.52. The van der Waals surface area contributed by atoms with Crippen LogP contribution in [-0.4, -0.2) is 38.0 Å². The fourth-order valence-corrected chi connectivity index (χ4v) is 5.16. The summed E-state index contributed by atoms with van der Waals surface area (Å²) in [7, 11) is -3.52. The zero-order valence-corrected chi connectivity index (χ0v) is 22.3. The molecule has 4 rings (SSSR count). The average molecular weight is 534 g/mol. The first-order valence-corrected chi connectivity index (χ1v) is 14.0. The van der Waals surface area contributed by atoms with Gasteiger partial charge in [-0.3, -0.25) is 10.1 Å². The number of sulfone groups is 1. The number of phenolic OH excluding ortho intramolecular Hbond substituents is 1. The van der Waals surface area contributed by atoms with Crippen LogP contribution in [0.5, 0.6) is 11.5 Å². The zero-order valence-electron chi connectivity index (χ0n) is 21.5. The molecule has 1 aliphatic rings. The Bertz CT molecular complexity index is 1480. The molecular formula is C29H31N3O5S. The smallest absolute Gasteiger partial charge is 0.262 e. The van der Waals surface area contributed by atoms with Gasteiger partial charge in [-0.25, -0.2) is 8.42 Å². The molecule has 1 amide bonds. The monoisotopic (exact) mass is 533 g/mol. The number of nitrogens with one attached hydrogen (secondary N) is 3. The van der Waals surface area contributed by atoms with Crippen molar-refractivity contribution in [2.75, 3.05) is 23.0 Å². The second-order valence-electron chi connectivity index (χ2n) is 9.31. The van der Waals surface area contributed by atoms with Crippen molar-refractivity contribution < 1.29 is 23.1 Å². The van der Waals surface area contributed by atoms with E-state index in [1.54, 1.807) is 6.07 Å². The Morgan fingerprint density at radius 1 is 1.13 bits per heavy atom. The molecule has 8 nitrogen and oxygen atoms in total. The molecule has 9 heteroatoms. The molecule has 38 heavy (non-hydrogen) atoms. The fourth-order valence-electron chi connectivity index (χ4n) is 4.25. The number of carbonyl (C=O) groups is 1. The summed E-state index contributed by atoms with van der Waals surface area (Å²) in [6.45, 7) is 5.91. The van der Waals surface area contributed by atoms with Crippen LogP contribution in [0.4, 0.5) is 11.4 Å². The number of benzene rings is 3. The first-order valence-electron chi connectivity index (χ1n) is 12.3. The molecule has 0 fully saturated rings. The number of ether oxygens (including phenoxy) is 1. The van der Waals surface area contributed by atoms with E-state index in [-0.39, 0.29) is 34.7 Å². The highest BCUT2D eigenvalue weighted by Crippen LogP contribution is 2.36. The number of hydrogen-bond donors (Lipinski definition) is 4. The topological polar surface area (TPSA) is 117 Å². The Morgan fingerprint density at radius 2 is 1.87 bits per heavy atom. The van der Waals surface area contributed by atoms with Crippen LogP contribution >= 0.6 is 0 Å². The van der Waals surface area contributed by atoms with Crippen molar-refractivity contribution in [1.29, 1.82) is 0 Å². The van der Waals surface area contributed by atoms with Gasteiger partial charge in [-0.15, -0.1) is 6.42 Å². The molecule has 0 aromatic heterocycles. The number of hydrogen-bond acceptors (Lipinski definition) is 7. The van der Waals surface area contributed by atoms with Gasteiger partial charge < -0.3 is 20.5 Å². The SMILES string of the molecule is C#CCOc1ccc2c(c1)C(c1ccc(C(C)C)cc1)NC(C(=O)Nc1cc(S(=O)(=O)CC)ccc1O)N2. The van der Waals surface area contributed by atoms with E-state index < -0.39 is 21.9 Å². The average Bonchev–Trinajstić information content (AvgIpc) is 2.92. The van der Waals surface area contributed by atoms with E-state index in [0.29, 0.717) is 11.7 Å². The number of aromatic hydroxyl groups is 1. The van der Waals surface area contributed by atoms with Crippen molar-refractivity contribution >= 4 is 27.1 Å². The van der Waals surface area contributed by atoms with Gasteiger partial charge in [0.15, 0.2) is 16.0 Å². The lowest BCUT2D eigenvalue weighted by atomic mass is 9.92. The molecule has 0 spiro atoms. The van der Waals surface area contributed by atoms with Crippen LogP contribution in [0.2, 0.25) is 0 Å². The molecule has 0 bridgehead atoms. The first kappa shape index (κ1) is 27.0. The predicted octanol–water partition coefficient (Wildman–Crippen LogP) is 4.39. The molecule has 1 heterocycles. The summed E-state index contributed by atoms with van der Waals surface area (Å²) >= 11 is 0. The molecule has 2 atom stereocenters. The number of terminal acetylenes is 1. The summed E-state index contributed by atoms with van der Waals surface area (Å²) in [5.41, 5.74) is 3.75. The lowest BCUT2D eigenvalue weighted by Gasteiger charge is -2.34. The van der Waals surface area contributed by atoms with E-state index in [4.69, 9.17) is 11.2 Å². The molecule has 3 aromatic carbocycles. The van der Waals surface area contributed by atoms with Gasteiger partial charge in [0.2, 0.25) is 0 Å². The lowest BCUT2D eigenvalue weighted by Crippen LogP contribution is -2.51. The van der Waals surface area contributed by atoms with Gasteiger partial charge in [-0.05, 0) is 53.4 Å². The van der Waals surface area contributed by atoms with Crippen LogP contribution in [0.15, 0.2) is 65.6 Å². The maximum Gasteiger partial charge on any atom is 0.262 e. The molecular weight excluding hydrogens is 502 g/mol. The first-order chi connectivity index (χ1) is 18.1. The highest BCUT2D eigenvalue weighted by molar-refractivity contribution is 7.91. The second kappa shape index (κ2) is 11.2. The highest BCUT2D eigenvalue weighted by Gasteiger charge is 2.32. The zero-order chi connectivity index (χ0) is 27.4. The van der Waals surface area contributed by atoms with Crippen molar-refractivity contribution in [2.24, 2.45) is 0 Å². The maximum absolute atomic E-state index is 13.3. The molecule has 0 saturated heterocycles. The van der Waals surface area contributed by atoms with Gasteiger partial charge in [0.05, 0.1) is 22.4 Å². The lowest BCUT2D eigenvalue weighted by molar-refractivity contribution is -0.117. The number of amides is 1. The van der Waals surface area contributed by atoms with Gasteiger partial charge in [-0.2, -0.15) is 0 Å². The molecule has 198 valence electrons. The summed E-state index contributed by atoms with van der Waals surface area (Å²) in [6, 6.07) is 17.1. The van der Waals surface area contributed by atoms with Crippen LogP contribution < -0.4 is 20.7 Å². The Hall–Kier alpha value is -4.00. The van der Waals surface area contributed by atoms with Crippen LogP contribution in [0, 0.1) is 12.3 Å². The molecule has 0 radical (unpaired) electrons. The van der Waals surface area contributed by atoms with Gasteiger partial charge >= 0.3 is 0 Å².